The van der Waals surface area contributed by atoms with Gasteiger partial charge in [0.2, 0.25) is 0 Å². The number of aliphatic hydroxyl groups excluding tert-OH is 1. The minimum Gasteiger partial charge on any atom is -0.503 e. The number of hydrogen-bond donors (Lipinski definition) is 1. The fraction of sp³-hybridized carbons (Fsp3) is 0.545. The van der Waals surface area contributed by atoms with Crippen LogP contribution >= 0.6 is 0 Å². The van der Waals surface area contributed by atoms with Gasteiger partial charge in [0.25, 0.3) is 5.91 Å². The number of carbonyl (C=O) groups excluding carboxylic acids is 2. The lowest BCUT2D eigenvalue weighted by Crippen LogP contribution is -2.38. The van der Waals surface area contributed by atoms with Crippen LogP contribution in [0, 0.1) is 5.92 Å². The van der Waals surface area contributed by atoms with E-state index in [2.05, 4.69) is 4.90 Å². The van der Waals surface area contributed by atoms with Gasteiger partial charge in [-0.15, -0.1) is 0 Å². The number of Topliss-reactive ketones (excluding diaryl/α,β-unsaturated/α-hetero) is 1. The minimum atomic E-state index is -0.704. The van der Waals surface area contributed by atoms with Crippen molar-refractivity contribution >= 4 is 11.7 Å². The number of aliphatic hydroxyl groups is 1. The van der Waals surface area contributed by atoms with E-state index in [9.17, 15) is 14.7 Å². The fourth-order valence-corrected chi connectivity index (χ4v) is 4.08. The van der Waals surface area contributed by atoms with Crippen LogP contribution in [0.25, 0.3) is 0 Å². The number of carbonyl (C=O) groups is 2. The average molecular weight is 402 g/mol. The molecule has 1 aromatic carbocycles. The van der Waals surface area contributed by atoms with E-state index in [0.717, 1.165) is 25.9 Å². The summed E-state index contributed by atoms with van der Waals surface area (Å²) < 4.78 is 10.9. The Bertz CT molecular complexity index is 811. The van der Waals surface area contributed by atoms with E-state index in [1.165, 1.54) is 0 Å². The molecule has 2 aliphatic rings. The summed E-state index contributed by atoms with van der Waals surface area (Å²) in [4.78, 5) is 29.8. The predicted molar refractivity (Wildman–Crippen MR) is 109 cm³/mol. The summed E-state index contributed by atoms with van der Waals surface area (Å²) in [7, 11) is 3.11. The molecule has 3 rings (SSSR count). The first kappa shape index (κ1) is 21.2. The lowest BCUT2D eigenvalue weighted by atomic mass is 9.90. The maximum absolute atomic E-state index is 13.0. The molecule has 2 aliphatic heterocycles. The maximum Gasteiger partial charge on any atom is 0.290 e. The molecule has 7 heteroatoms. The number of methoxy groups -OCH3 is 2. The molecule has 0 spiro atoms. The lowest BCUT2D eigenvalue weighted by Gasteiger charge is -2.30. The molecular weight excluding hydrogens is 372 g/mol. The van der Waals surface area contributed by atoms with Gasteiger partial charge in [0.05, 0.1) is 25.8 Å². The average Bonchev–Trinajstić information content (AvgIpc) is 3.32. The Hall–Kier alpha value is -2.54. The molecule has 1 atom stereocenters. The SMILES string of the molecule is COc1ccc(OC)c(C2C(C(=O)C(C)C)=C(O)C(=O)N2CCN2CCCC2)c1. The molecule has 2 heterocycles. The quantitative estimate of drug-likeness (QED) is 0.720. The second-order valence-electron chi connectivity index (χ2n) is 7.84. The molecule has 1 fully saturated rings. The maximum atomic E-state index is 13.0. The molecule has 1 amide bonds. The summed E-state index contributed by atoms with van der Waals surface area (Å²) in [6.07, 6.45) is 2.31. The van der Waals surface area contributed by atoms with Crippen LogP contribution < -0.4 is 9.47 Å². The standard InChI is InChI=1S/C22H30N2O5/c1-14(2)20(25)18-19(16-13-15(28-3)7-8-17(16)29-4)24(22(27)21(18)26)12-11-23-9-5-6-10-23/h7-8,13-14,19,26H,5-6,9-12H2,1-4H3. The van der Waals surface area contributed by atoms with E-state index in [0.29, 0.717) is 30.2 Å². The van der Waals surface area contributed by atoms with Crippen LogP contribution in [0.3, 0.4) is 0 Å². The number of ketones is 1. The zero-order chi connectivity index (χ0) is 21.1. The highest BCUT2D eigenvalue weighted by Crippen LogP contribution is 2.43. The van der Waals surface area contributed by atoms with E-state index < -0.39 is 17.7 Å². The van der Waals surface area contributed by atoms with Gasteiger partial charge in [-0.25, -0.2) is 0 Å². The zero-order valence-electron chi connectivity index (χ0n) is 17.6. The first-order valence-electron chi connectivity index (χ1n) is 10.1. The summed E-state index contributed by atoms with van der Waals surface area (Å²) in [5.41, 5.74) is 0.771. The molecular formula is C22H30N2O5. The highest BCUT2D eigenvalue weighted by Gasteiger charge is 2.45. The Morgan fingerprint density at radius 3 is 2.45 bits per heavy atom. The van der Waals surface area contributed by atoms with Gasteiger partial charge in [-0.05, 0) is 44.1 Å². The summed E-state index contributed by atoms with van der Waals surface area (Å²) in [6.45, 7) is 6.66. The molecule has 1 saturated heterocycles. The van der Waals surface area contributed by atoms with Crippen molar-refractivity contribution in [3.63, 3.8) is 0 Å². The first-order valence-corrected chi connectivity index (χ1v) is 10.1. The molecule has 0 saturated carbocycles. The second-order valence-corrected chi connectivity index (χ2v) is 7.84. The number of hydrogen-bond acceptors (Lipinski definition) is 6. The van der Waals surface area contributed by atoms with Gasteiger partial charge in [0, 0.05) is 24.6 Å². The molecule has 7 nitrogen and oxygen atoms in total. The van der Waals surface area contributed by atoms with Gasteiger partial charge in [-0.2, -0.15) is 0 Å². The van der Waals surface area contributed by atoms with Gasteiger partial charge >= 0.3 is 0 Å². The molecule has 1 N–H and O–H groups in total. The van der Waals surface area contributed by atoms with Crippen LogP contribution in [0.1, 0.15) is 38.3 Å². The van der Waals surface area contributed by atoms with Gasteiger partial charge < -0.3 is 24.4 Å². The van der Waals surface area contributed by atoms with E-state index in [-0.39, 0.29) is 17.3 Å². The lowest BCUT2D eigenvalue weighted by molar-refractivity contribution is -0.129. The smallest absolute Gasteiger partial charge is 0.290 e. The van der Waals surface area contributed by atoms with Crippen molar-refractivity contribution in [2.45, 2.75) is 32.7 Å². The number of benzene rings is 1. The van der Waals surface area contributed by atoms with Crippen molar-refractivity contribution in [3.05, 3.63) is 35.1 Å². The van der Waals surface area contributed by atoms with E-state index in [1.54, 1.807) is 51.2 Å². The third-order valence-electron chi connectivity index (χ3n) is 5.68. The summed E-state index contributed by atoms with van der Waals surface area (Å²) >= 11 is 0. The van der Waals surface area contributed by atoms with Crippen LogP contribution in [-0.2, 0) is 9.59 Å². The Morgan fingerprint density at radius 2 is 1.86 bits per heavy atom. The van der Waals surface area contributed by atoms with E-state index in [1.807, 2.05) is 0 Å². The second kappa shape index (κ2) is 8.86. The number of rotatable bonds is 8. The molecule has 0 radical (unpaired) electrons. The Morgan fingerprint density at radius 1 is 1.17 bits per heavy atom. The van der Waals surface area contributed by atoms with Crippen molar-refractivity contribution in [1.82, 2.24) is 9.80 Å². The topological polar surface area (TPSA) is 79.3 Å². The fourth-order valence-electron chi connectivity index (χ4n) is 4.08. The Balaban J connectivity index is 2.04. The molecule has 158 valence electrons. The molecule has 0 bridgehead atoms. The molecule has 29 heavy (non-hydrogen) atoms. The monoisotopic (exact) mass is 402 g/mol. The molecule has 0 aliphatic carbocycles. The molecule has 1 aromatic rings. The van der Waals surface area contributed by atoms with Crippen molar-refractivity contribution in [2.75, 3.05) is 40.4 Å². The highest BCUT2D eigenvalue weighted by molar-refractivity contribution is 6.09. The van der Waals surface area contributed by atoms with Crippen molar-refractivity contribution < 1.29 is 24.2 Å². The third-order valence-corrected chi connectivity index (χ3v) is 5.68. The van der Waals surface area contributed by atoms with Crippen LogP contribution in [0.4, 0.5) is 0 Å². The van der Waals surface area contributed by atoms with Gasteiger partial charge in [0.15, 0.2) is 11.5 Å². The minimum absolute atomic E-state index is 0.137. The summed E-state index contributed by atoms with van der Waals surface area (Å²) in [5.74, 6) is -0.427. The van der Waals surface area contributed by atoms with Gasteiger partial charge in [-0.1, -0.05) is 13.8 Å². The Kier molecular flexibility index (Phi) is 6.47. The number of amides is 1. The van der Waals surface area contributed by atoms with Crippen LogP contribution in [-0.4, -0.2) is 67.0 Å². The summed E-state index contributed by atoms with van der Waals surface area (Å²) in [5, 5.41) is 10.6. The van der Waals surface area contributed by atoms with Gasteiger partial charge in [0.1, 0.15) is 11.5 Å². The first-order chi connectivity index (χ1) is 13.9. The molecule has 1 unspecified atom stereocenters. The van der Waals surface area contributed by atoms with Crippen molar-refractivity contribution in [3.8, 4) is 11.5 Å². The van der Waals surface area contributed by atoms with E-state index in [4.69, 9.17) is 9.47 Å². The predicted octanol–water partition coefficient (Wildman–Crippen LogP) is 2.72. The highest BCUT2D eigenvalue weighted by atomic mass is 16.5. The normalized spacial score (nSPS) is 20.1. The van der Waals surface area contributed by atoms with Crippen molar-refractivity contribution in [1.29, 1.82) is 0 Å². The number of likely N-dealkylation sites (tertiary alicyclic amines) is 1. The van der Waals surface area contributed by atoms with Gasteiger partial charge in [-0.3, -0.25) is 9.59 Å². The zero-order valence-corrected chi connectivity index (χ0v) is 17.6. The molecule has 0 aromatic heterocycles. The van der Waals surface area contributed by atoms with Crippen LogP contribution in [0.2, 0.25) is 0 Å². The largest absolute Gasteiger partial charge is 0.503 e. The Labute approximate surface area is 171 Å². The van der Waals surface area contributed by atoms with E-state index >= 15 is 0 Å². The van der Waals surface area contributed by atoms with Crippen LogP contribution in [0.15, 0.2) is 29.5 Å². The summed E-state index contributed by atoms with van der Waals surface area (Å²) in [6, 6.07) is 4.59. The van der Waals surface area contributed by atoms with Crippen molar-refractivity contribution in [2.24, 2.45) is 5.92 Å². The number of ether oxygens (including phenoxy) is 2. The van der Waals surface area contributed by atoms with Crippen LogP contribution in [0.5, 0.6) is 11.5 Å². The third kappa shape index (κ3) is 4.10. The number of nitrogens with zero attached hydrogens (tertiary/aromatic N) is 2.